The second-order valence-electron chi connectivity index (χ2n) is 6.27. The van der Waals surface area contributed by atoms with Crippen LogP contribution in [-0.4, -0.2) is 23.5 Å². The Labute approximate surface area is 164 Å². The summed E-state index contributed by atoms with van der Waals surface area (Å²) in [6.07, 6.45) is 2.19. The minimum Gasteiger partial charge on any atom is -0.376 e. The third kappa shape index (κ3) is 4.26. The van der Waals surface area contributed by atoms with Crippen molar-refractivity contribution in [2.24, 2.45) is 0 Å². The van der Waals surface area contributed by atoms with E-state index in [4.69, 9.17) is 0 Å². The molecule has 0 aliphatic carbocycles. The van der Waals surface area contributed by atoms with Crippen LogP contribution in [0.1, 0.15) is 25.6 Å². The second kappa shape index (κ2) is 7.86. The van der Waals surface area contributed by atoms with E-state index in [9.17, 15) is 26.4 Å². The van der Waals surface area contributed by atoms with Crippen molar-refractivity contribution in [1.29, 1.82) is 0 Å². The third-order valence-electron chi connectivity index (χ3n) is 4.18. The van der Waals surface area contributed by atoms with Crippen LogP contribution in [0.3, 0.4) is 0 Å². The van der Waals surface area contributed by atoms with Crippen molar-refractivity contribution in [3.8, 4) is 11.4 Å². The molecule has 0 saturated heterocycles. The topological polar surface area (TPSA) is 78.3 Å². The number of unbranched alkanes of at least 4 members (excludes halogenated alkanes) is 1. The molecule has 0 aliphatic rings. The SMILES string of the molecule is CCCCc1nc2ccccc2c(=O)n1-c1ccc(OS(=O)(=O)C(F)(F)F)cc1. The molecule has 0 bridgehead atoms. The molecule has 29 heavy (non-hydrogen) atoms. The van der Waals surface area contributed by atoms with Gasteiger partial charge in [0.2, 0.25) is 0 Å². The van der Waals surface area contributed by atoms with Crippen molar-refractivity contribution in [3.63, 3.8) is 0 Å². The number of alkyl halides is 3. The first kappa shape index (κ1) is 20.8. The summed E-state index contributed by atoms with van der Waals surface area (Å²) >= 11 is 0. The molecule has 1 aromatic heterocycles. The van der Waals surface area contributed by atoms with Gasteiger partial charge >= 0.3 is 15.6 Å². The standard InChI is InChI=1S/C19H17F3N2O4S/c1-2-3-8-17-23-16-7-5-4-6-15(16)18(25)24(17)13-9-11-14(12-10-13)28-29(26,27)19(20,21)22/h4-7,9-12H,2-3,8H2,1H3. The predicted molar refractivity (Wildman–Crippen MR) is 102 cm³/mol. The fourth-order valence-electron chi connectivity index (χ4n) is 2.77. The summed E-state index contributed by atoms with van der Waals surface area (Å²) in [5.74, 6) is -0.00453. The molecule has 0 atom stereocenters. The smallest absolute Gasteiger partial charge is 0.376 e. The molecule has 10 heteroatoms. The average molecular weight is 426 g/mol. The fraction of sp³-hybridized carbons (Fsp3) is 0.263. The number of hydrogen-bond acceptors (Lipinski definition) is 5. The molecule has 0 radical (unpaired) electrons. The Morgan fingerprint density at radius 1 is 1.07 bits per heavy atom. The molecule has 3 rings (SSSR count). The van der Waals surface area contributed by atoms with Crippen molar-refractivity contribution in [2.75, 3.05) is 0 Å². The molecule has 0 N–H and O–H groups in total. The van der Waals surface area contributed by atoms with Crippen LogP contribution < -0.4 is 9.74 Å². The van der Waals surface area contributed by atoms with E-state index in [0.717, 1.165) is 25.0 Å². The molecule has 6 nitrogen and oxygen atoms in total. The number of aryl methyl sites for hydroxylation is 1. The van der Waals surface area contributed by atoms with Gasteiger partial charge in [0.25, 0.3) is 5.56 Å². The van der Waals surface area contributed by atoms with Crippen molar-refractivity contribution >= 4 is 21.0 Å². The normalized spacial score (nSPS) is 12.3. The lowest BCUT2D eigenvalue weighted by atomic mass is 10.2. The first-order valence-corrected chi connectivity index (χ1v) is 10.2. The number of aromatic nitrogens is 2. The van der Waals surface area contributed by atoms with Crippen molar-refractivity contribution in [1.82, 2.24) is 9.55 Å². The molecule has 2 aromatic carbocycles. The Morgan fingerprint density at radius 2 is 1.72 bits per heavy atom. The maximum atomic E-state index is 13.0. The molecular weight excluding hydrogens is 409 g/mol. The predicted octanol–water partition coefficient (Wildman–Crippen LogP) is 3.96. The summed E-state index contributed by atoms with van der Waals surface area (Å²) in [5.41, 5.74) is -4.96. The molecule has 0 spiro atoms. The van der Waals surface area contributed by atoms with Crippen LogP contribution in [0.4, 0.5) is 13.2 Å². The van der Waals surface area contributed by atoms with Gasteiger partial charge in [0.05, 0.1) is 16.6 Å². The van der Waals surface area contributed by atoms with Crippen LogP contribution in [0, 0.1) is 0 Å². The number of nitrogens with zero attached hydrogens (tertiary/aromatic N) is 2. The third-order valence-corrected chi connectivity index (χ3v) is 5.16. The van der Waals surface area contributed by atoms with Crippen LogP contribution in [0.5, 0.6) is 5.75 Å². The Bertz CT molecular complexity index is 1190. The largest absolute Gasteiger partial charge is 0.534 e. The van der Waals surface area contributed by atoms with Crippen LogP contribution in [0.25, 0.3) is 16.6 Å². The van der Waals surface area contributed by atoms with E-state index in [-0.39, 0.29) is 5.56 Å². The molecule has 1 heterocycles. The van der Waals surface area contributed by atoms with Crippen LogP contribution >= 0.6 is 0 Å². The Morgan fingerprint density at radius 3 is 2.34 bits per heavy atom. The van der Waals surface area contributed by atoms with Gasteiger partial charge in [-0.2, -0.15) is 21.6 Å². The Hall–Kier alpha value is -2.88. The highest BCUT2D eigenvalue weighted by atomic mass is 32.2. The highest BCUT2D eigenvalue weighted by molar-refractivity contribution is 7.88. The lowest BCUT2D eigenvalue weighted by Gasteiger charge is -2.14. The monoisotopic (exact) mass is 426 g/mol. The number of halogens is 3. The van der Waals surface area contributed by atoms with Gasteiger partial charge in [-0.15, -0.1) is 0 Å². The van der Waals surface area contributed by atoms with E-state index in [1.807, 2.05) is 6.92 Å². The summed E-state index contributed by atoms with van der Waals surface area (Å²) in [5, 5.41) is 0.396. The van der Waals surface area contributed by atoms with Crippen molar-refractivity contribution in [3.05, 3.63) is 64.7 Å². The van der Waals surface area contributed by atoms with Gasteiger partial charge in [-0.1, -0.05) is 25.5 Å². The first-order valence-electron chi connectivity index (χ1n) is 8.76. The van der Waals surface area contributed by atoms with Gasteiger partial charge < -0.3 is 4.18 Å². The van der Waals surface area contributed by atoms with Crippen LogP contribution in [0.2, 0.25) is 0 Å². The van der Waals surface area contributed by atoms with Gasteiger partial charge in [-0.3, -0.25) is 9.36 Å². The highest BCUT2D eigenvalue weighted by Gasteiger charge is 2.48. The molecule has 3 aromatic rings. The molecular formula is C19H17F3N2O4S. The Balaban J connectivity index is 2.06. The lowest BCUT2D eigenvalue weighted by molar-refractivity contribution is -0.0500. The maximum Gasteiger partial charge on any atom is 0.534 e. The Kier molecular flexibility index (Phi) is 5.65. The highest BCUT2D eigenvalue weighted by Crippen LogP contribution is 2.27. The van der Waals surface area contributed by atoms with E-state index < -0.39 is 21.4 Å². The number of benzene rings is 2. The van der Waals surface area contributed by atoms with Crippen molar-refractivity contribution < 1.29 is 25.8 Å². The quantitative estimate of drug-likeness (QED) is 0.441. The first-order chi connectivity index (χ1) is 13.6. The van der Waals surface area contributed by atoms with E-state index in [2.05, 4.69) is 9.17 Å². The summed E-state index contributed by atoms with van der Waals surface area (Å²) in [7, 11) is -5.77. The van der Waals surface area contributed by atoms with E-state index in [1.165, 1.54) is 16.7 Å². The van der Waals surface area contributed by atoms with Gasteiger partial charge in [-0.05, 0) is 42.8 Å². The molecule has 0 amide bonds. The second-order valence-corrected chi connectivity index (χ2v) is 7.80. The van der Waals surface area contributed by atoms with Gasteiger partial charge in [0.1, 0.15) is 11.6 Å². The van der Waals surface area contributed by atoms with Gasteiger partial charge in [0, 0.05) is 6.42 Å². The maximum absolute atomic E-state index is 13.0. The average Bonchev–Trinajstić information content (AvgIpc) is 2.66. The summed E-state index contributed by atoms with van der Waals surface area (Å²) in [4.78, 5) is 17.6. The zero-order chi connectivity index (χ0) is 21.2. The summed E-state index contributed by atoms with van der Waals surface area (Å²) < 4.78 is 65.2. The summed E-state index contributed by atoms with van der Waals surface area (Å²) in [6, 6.07) is 11.6. The van der Waals surface area contributed by atoms with Gasteiger partial charge in [-0.25, -0.2) is 4.98 Å². The van der Waals surface area contributed by atoms with E-state index in [1.54, 1.807) is 24.3 Å². The molecule has 154 valence electrons. The molecule has 0 aliphatic heterocycles. The summed E-state index contributed by atoms with van der Waals surface area (Å²) in [6.45, 7) is 2.00. The van der Waals surface area contributed by atoms with Crippen molar-refractivity contribution in [2.45, 2.75) is 31.7 Å². The molecule has 0 unspecified atom stereocenters. The minimum atomic E-state index is -5.77. The van der Waals surface area contributed by atoms with Crippen LogP contribution in [0.15, 0.2) is 53.3 Å². The number of fused-ring (bicyclic) bond motifs is 1. The van der Waals surface area contributed by atoms with E-state index >= 15 is 0 Å². The molecule has 0 saturated carbocycles. The van der Waals surface area contributed by atoms with Gasteiger partial charge in [0.15, 0.2) is 0 Å². The minimum absolute atomic E-state index is 0.321. The van der Waals surface area contributed by atoms with Crippen LogP contribution in [-0.2, 0) is 16.5 Å². The number of hydrogen-bond donors (Lipinski definition) is 0. The van der Waals surface area contributed by atoms with E-state index in [0.29, 0.717) is 28.8 Å². The zero-order valence-electron chi connectivity index (χ0n) is 15.3. The number of para-hydroxylation sites is 1. The lowest BCUT2D eigenvalue weighted by Crippen LogP contribution is -2.28. The molecule has 0 fully saturated rings. The number of rotatable bonds is 6. The zero-order valence-corrected chi connectivity index (χ0v) is 16.1. The fourth-order valence-corrected chi connectivity index (χ4v) is 3.23.